The second kappa shape index (κ2) is 6.01. The molecular formula is C14H22N2O. The Balaban J connectivity index is 1.87. The van der Waals surface area contributed by atoms with Crippen LogP contribution in [0.15, 0.2) is 18.5 Å². The maximum atomic E-state index is 5.84. The lowest BCUT2D eigenvalue weighted by atomic mass is 10.2. The Bertz CT molecular complexity index is 354. The topological polar surface area (TPSA) is 25.4 Å². The average molecular weight is 234 g/mol. The zero-order valence-electron chi connectivity index (χ0n) is 10.9. The molecule has 0 amide bonds. The lowest BCUT2D eigenvalue weighted by Gasteiger charge is -2.19. The first-order chi connectivity index (χ1) is 8.29. The van der Waals surface area contributed by atoms with Crippen LogP contribution >= 0.6 is 0 Å². The molecule has 0 radical (unpaired) electrons. The number of aryl methyl sites for hydroxylation is 1. The van der Waals surface area contributed by atoms with Gasteiger partial charge in [0.1, 0.15) is 12.4 Å². The number of rotatable bonds is 5. The SMILES string of the molecule is CCCc1cncc(OC[C@@H]2CCCN2C)c1. The van der Waals surface area contributed by atoms with Crippen LogP contribution in [0, 0.1) is 0 Å². The maximum Gasteiger partial charge on any atom is 0.137 e. The van der Waals surface area contributed by atoms with Gasteiger partial charge >= 0.3 is 0 Å². The summed E-state index contributed by atoms with van der Waals surface area (Å²) in [5.41, 5.74) is 1.27. The fraction of sp³-hybridized carbons (Fsp3) is 0.643. The third-order valence-corrected chi connectivity index (χ3v) is 3.42. The van der Waals surface area contributed by atoms with Crippen LogP contribution in [0.1, 0.15) is 31.7 Å². The van der Waals surface area contributed by atoms with Crippen LogP contribution in [0.3, 0.4) is 0 Å². The van der Waals surface area contributed by atoms with Gasteiger partial charge in [-0.3, -0.25) is 4.98 Å². The number of pyridine rings is 1. The Morgan fingerprint density at radius 3 is 3.06 bits per heavy atom. The van der Waals surface area contributed by atoms with Gasteiger partial charge in [0, 0.05) is 12.2 Å². The summed E-state index contributed by atoms with van der Waals surface area (Å²) < 4.78 is 5.84. The van der Waals surface area contributed by atoms with E-state index in [0.29, 0.717) is 6.04 Å². The number of hydrogen-bond acceptors (Lipinski definition) is 3. The third kappa shape index (κ3) is 3.43. The molecule has 3 heteroatoms. The molecule has 1 aliphatic rings. The molecule has 0 N–H and O–H groups in total. The lowest BCUT2D eigenvalue weighted by Crippen LogP contribution is -2.30. The number of ether oxygens (including phenoxy) is 1. The highest BCUT2D eigenvalue weighted by Gasteiger charge is 2.21. The van der Waals surface area contributed by atoms with Gasteiger partial charge in [-0.2, -0.15) is 0 Å². The van der Waals surface area contributed by atoms with E-state index in [-0.39, 0.29) is 0 Å². The summed E-state index contributed by atoms with van der Waals surface area (Å²) >= 11 is 0. The third-order valence-electron chi connectivity index (χ3n) is 3.42. The minimum atomic E-state index is 0.574. The molecule has 17 heavy (non-hydrogen) atoms. The number of hydrogen-bond donors (Lipinski definition) is 0. The van der Waals surface area contributed by atoms with Crippen molar-refractivity contribution in [2.45, 2.75) is 38.6 Å². The first-order valence-electron chi connectivity index (χ1n) is 6.56. The van der Waals surface area contributed by atoms with E-state index in [0.717, 1.165) is 25.2 Å². The first kappa shape index (κ1) is 12.4. The minimum absolute atomic E-state index is 0.574. The molecule has 0 aromatic carbocycles. The van der Waals surface area contributed by atoms with Crippen molar-refractivity contribution < 1.29 is 4.74 Å². The van der Waals surface area contributed by atoms with Crippen molar-refractivity contribution in [2.75, 3.05) is 20.2 Å². The molecule has 1 aliphatic heterocycles. The molecule has 2 rings (SSSR count). The van der Waals surface area contributed by atoms with Crippen LogP contribution in [0.2, 0.25) is 0 Å². The van der Waals surface area contributed by atoms with Gasteiger partial charge in [0.05, 0.1) is 6.20 Å². The Kier molecular flexibility index (Phi) is 4.37. The summed E-state index contributed by atoms with van der Waals surface area (Å²) in [6, 6.07) is 2.69. The predicted molar refractivity (Wildman–Crippen MR) is 69.4 cm³/mol. The van der Waals surface area contributed by atoms with Crippen LogP contribution < -0.4 is 4.74 Å². The van der Waals surface area contributed by atoms with Crippen molar-refractivity contribution in [1.82, 2.24) is 9.88 Å². The highest BCUT2D eigenvalue weighted by molar-refractivity contribution is 5.23. The number of nitrogens with zero attached hydrogens (tertiary/aromatic N) is 2. The van der Waals surface area contributed by atoms with Crippen molar-refractivity contribution in [3.8, 4) is 5.75 Å². The molecule has 0 spiro atoms. The van der Waals surface area contributed by atoms with Crippen LogP contribution in [0.5, 0.6) is 5.75 Å². The Labute approximate surface area is 104 Å². The van der Waals surface area contributed by atoms with Gasteiger partial charge < -0.3 is 9.64 Å². The van der Waals surface area contributed by atoms with Crippen LogP contribution in [-0.4, -0.2) is 36.1 Å². The normalized spacial score (nSPS) is 20.7. The Hall–Kier alpha value is -1.09. The van der Waals surface area contributed by atoms with E-state index in [1.165, 1.54) is 24.9 Å². The van der Waals surface area contributed by atoms with Crippen molar-refractivity contribution in [1.29, 1.82) is 0 Å². The van der Waals surface area contributed by atoms with Crippen molar-refractivity contribution in [3.05, 3.63) is 24.0 Å². The molecule has 2 heterocycles. The minimum Gasteiger partial charge on any atom is -0.490 e. The molecule has 0 saturated carbocycles. The number of aromatic nitrogens is 1. The van der Waals surface area contributed by atoms with Crippen LogP contribution in [0.25, 0.3) is 0 Å². The number of likely N-dealkylation sites (tertiary alicyclic amines) is 1. The van der Waals surface area contributed by atoms with Gasteiger partial charge in [-0.05, 0) is 44.5 Å². The van der Waals surface area contributed by atoms with E-state index in [2.05, 4.69) is 29.9 Å². The van der Waals surface area contributed by atoms with E-state index in [1.807, 2.05) is 12.4 Å². The standard InChI is InChI=1S/C14H22N2O/c1-3-5-12-8-14(10-15-9-12)17-11-13-6-4-7-16(13)2/h8-10,13H,3-7,11H2,1-2H3/t13-/m0/s1. The van der Waals surface area contributed by atoms with Gasteiger partial charge in [-0.1, -0.05) is 13.3 Å². The molecule has 1 saturated heterocycles. The quantitative estimate of drug-likeness (QED) is 0.782. The van der Waals surface area contributed by atoms with E-state index < -0.39 is 0 Å². The van der Waals surface area contributed by atoms with E-state index in [4.69, 9.17) is 4.74 Å². The van der Waals surface area contributed by atoms with Crippen molar-refractivity contribution >= 4 is 0 Å². The molecule has 1 aromatic rings. The van der Waals surface area contributed by atoms with Gasteiger partial charge in [0.15, 0.2) is 0 Å². The zero-order valence-corrected chi connectivity index (χ0v) is 10.9. The summed E-state index contributed by atoms with van der Waals surface area (Å²) in [5, 5.41) is 0. The molecule has 94 valence electrons. The second-order valence-electron chi connectivity index (χ2n) is 4.87. The first-order valence-corrected chi connectivity index (χ1v) is 6.56. The van der Waals surface area contributed by atoms with Gasteiger partial charge in [-0.25, -0.2) is 0 Å². The fourth-order valence-corrected chi connectivity index (χ4v) is 2.35. The van der Waals surface area contributed by atoms with E-state index >= 15 is 0 Å². The largest absolute Gasteiger partial charge is 0.490 e. The summed E-state index contributed by atoms with van der Waals surface area (Å²) in [6.45, 7) is 4.16. The van der Waals surface area contributed by atoms with Gasteiger partial charge in [0.25, 0.3) is 0 Å². The van der Waals surface area contributed by atoms with Crippen LogP contribution in [0.4, 0.5) is 0 Å². The highest BCUT2D eigenvalue weighted by atomic mass is 16.5. The predicted octanol–water partition coefficient (Wildman–Crippen LogP) is 2.51. The lowest BCUT2D eigenvalue weighted by molar-refractivity contribution is 0.197. The van der Waals surface area contributed by atoms with Gasteiger partial charge in [0.2, 0.25) is 0 Å². The van der Waals surface area contributed by atoms with E-state index in [9.17, 15) is 0 Å². The van der Waals surface area contributed by atoms with Crippen molar-refractivity contribution in [3.63, 3.8) is 0 Å². The molecule has 0 unspecified atom stereocenters. The summed E-state index contributed by atoms with van der Waals surface area (Å²) in [7, 11) is 2.17. The number of likely N-dealkylation sites (N-methyl/N-ethyl adjacent to an activating group) is 1. The molecule has 1 aromatic heterocycles. The highest BCUT2D eigenvalue weighted by Crippen LogP contribution is 2.18. The van der Waals surface area contributed by atoms with Crippen molar-refractivity contribution in [2.24, 2.45) is 0 Å². The van der Waals surface area contributed by atoms with Gasteiger partial charge in [-0.15, -0.1) is 0 Å². The maximum absolute atomic E-state index is 5.84. The smallest absolute Gasteiger partial charge is 0.137 e. The summed E-state index contributed by atoms with van der Waals surface area (Å²) in [6.07, 6.45) is 8.51. The average Bonchev–Trinajstić information content (AvgIpc) is 2.73. The Morgan fingerprint density at radius 1 is 1.47 bits per heavy atom. The monoisotopic (exact) mass is 234 g/mol. The fourth-order valence-electron chi connectivity index (χ4n) is 2.35. The molecule has 1 atom stereocenters. The zero-order chi connectivity index (χ0) is 12.1. The molecule has 3 nitrogen and oxygen atoms in total. The van der Waals surface area contributed by atoms with E-state index in [1.54, 1.807) is 0 Å². The molecular weight excluding hydrogens is 212 g/mol. The second-order valence-corrected chi connectivity index (χ2v) is 4.87. The summed E-state index contributed by atoms with van der Waals surface area (Å²) in [4.78, 5) is 6.61. The van der Waals surface area contributed by atoms with Crippen LogP contribution in [-0.2, 0) is 6.42 Å². The molecule has 0 bridgehead atoms. The Morgan fingerprint density at radius 2 is 2.35 bits per heavy atom. The molecule has 1 fully saturated rings. The molecule has 0 aliphatic carbocycles. The summed E-state index contributed by atoms with van der Waals surface area (Å²) in [5.74, 6) is 0.913.